The number of furan rings is 1. The van der Waals surface area contributed by atoms with Crippen molar-refractivity contribution < 1.29 is 18.7 Å². The second kappa shape index (κ2) is 6.49. The van der Waals surface area contributed by atoms with E-state index < -0.39 is 0 Å². The first-order chi connectivity index (χ1) is 11.5. The molecule has 1 aliphatic heterocycles. The predicted molar refractivity (Wildman–Crippen MR) is 91.7 cm³/mol. The highest BCUT2D eigenvalue weighted by Crippen LogP contribution is 2.31. The fourth-order valence-electron chi connectivity index (χ4n) is 2.77. The standard InChI is InChI=1S/C18H20N2O4/c1-11(9-16(22)20-5-7-23-8-6-20)13-3-4-15-14(10-13)17(19)18(24-15)12(2)21/h3-4,9-10H,5-8,19H2,1-2H3/b11-9-. The van der Waals surface area contributed by atoms with E-state index in [2.05, 4.69) is 0 Å². The molecule has 2 heterocycles. The van der Waals surface area contributed by atoms with Crippen molar-refractivity contribution in [2.45, 2.75) is 13.8 Å². The maximum absolute atomic E-state index is 12.3. The molecule has 1 fully saturated rings. The number of morpholine rings is 1. The maximum atomic E-state index is 12.3. The molecule has 3 rings (SSSR count). The van der Waals surface area contributed by atoms with Crippen molar-refractivity contribution in [1.82, 2.24) is 4.90 Å². The summed E-state index contributed by atoms with van der Waals surface area (Å²) in [5.41, 5.74) is 8.61. The summed E-state index contributed by atoms with van der Waals surface area (Å²) in [6.45, 7) is 5.66. The van der Waals surface area contributed by atoms with Crippen LogP contribution in [-0.2, 0) is 9.53 Å². The van der Waals surface area contributed by atoms with Gasteiger partial charge in [-0.2, -0.15) is 0 Å². The van der Waals surface area contributed by atoms with Gasteiger partial charge in [-0.1, -0.05) is 6.07 Å². The van der Waals surface area contributed by atoms with Gasteiger partial charge in [0.15, 0.2) is 11.5 Å². The molecule has 2 aromatic rings. The average molecular weight is 328 g/mol. The zero-order valence-electron chi connectivity index (χ0n) is 13.8. The number of nitrogens with zero attached hydrogens (tertiary/aromatic N) is 1. The van der Waals surface area contributed by atoms with Crippen molar-refractivity contribution >= 4 is 33.9 Å². The van der Waals surface area contributed by atoms with Crippen molar-refractivity contribution in [3.05, 3.63) is 35.6 Å². The van der Waals surface area contributed by atoms with Crippen LogP contribution < -0.4 is 5.73 Å². The lowest BCUT2D eigenvalue weighted by atomic mass is 10.0. The quantitative estimate of drug-likeness (QED) is 0.691. The number of fused-ring (bicyclic) bond motifs is 1. The highest BCUT2D eigenvalue weighted by Gasteiger charge is 2.17. The summed E-state index contributed by atoms with van der Waals surface area (Å²) in [5.74, 6) is -0.0614. The van der Waals surface area contributed by atoms with E-state index in [9.17, 15) is 9.59 Å². The monoisotopic (exact) mass is 328 g/mol. The number of ether oxygens (including phenoxy) is 1. The molecule has 1 aromatic carbocycles. The number of benzene rings is 1. The Morgan fingerprint density at radius 2 is 1.92 bits per heavy atom. The van der Waals surface area contributed by atoms with E-state index in [1.54, 1.807) is 17.0 Å². The number of allylic oxidation sites excluding steroid dienone is 1. The number of nitrogen functional groups attached to an aromatic ring is 1. The fraction of sp³-hybridized carbons (Fsp3) is 0.333. The van der Waals surface area contributed by atoms with E-state index in [-0.39, 0.29) is 17.5 Å². The molecule has 0 aliphatic carbocycles. The zero-order valence-corrected chi connectivity index (χ0v) is 13.8. The van der Waals surface area contributed by atoms with Crippen molar-refractivity contribution in [2.24, 2.45) is 0 Å². The largest absolute Gasteiger partial charge is 0.451 e. The van der Waals surface area contributed by atoms with Gasteiger partial charge in [-0.3, -0.25) is 9.59 Å². The summed E-state index contributed by atoms with van der Waals surface area (Å²) in [6, 6.07) is 5.47. The van der Waals surface area contributed by atoms with Crippen LogP contribution in [0.25, 0.3) is 16.5 Å². The van der Waals surface area contributed by atoms with Crippen molar-refractivity contribution in [1.29, 1.82) is 0 Å². The Bertz CT molecular complexity index is 829. The number of amides is 1. The predicted octanol–water partition coefficient (Wildman–Crippen LogP) is 2.48. The number of ketones is 1. The molecule has 1 aromatic heterocycles. The summed E-state index contributed by atoms with van der Waals surface area (Å²) in [6.07, 6.45) is 1.62. The van der Waals surface area contributed by atoms with E-state index in [0.29, 0.717) is 43.0 Å². The summed E-state index contributed by atoms with van der Waals surface area (Å²) in [7, 11) is 0. The first-order valence-corrected chi connectivity index (χ1v) is 7.85. The molecule has 0 atom stereocenters. The van der Waals surface area contributed by atoms with Gasteiger partial charge in [0.05, 0.1) is 18.9 Å². The van der Waals surface area contributed by atoms with Crippen molar-refractivity contribution in [3.8, 4) is 0 Å². The lowest BCUT2D eigenvalue weighted by molar-refractivity contribution is -0.129. The van der Waals surface area contributed by atoms with Crippen molar-refractivity contribution in [3.63, 3.8) is 0 Å². The molecule has 6 nitrogen and oxygen atoms in total. The van der Waals surface area contributed by atoms with Crippen LogP contribution in [0.4, 0.5) is 5.69 Å². The molecule has 1 amide bonds. The van der Waals surface area contributed by atoms with Crippen LogP contribution in [0, 0.1) is 0 Å². The van der Waals surface area contributed by atoms with Gasteiger partial charge < -0.3 is 19.8 Å². The van der Waals surface area contributed by atoms with Gasteiger partial charge in [0, 0.05) is 31.5 Å². The highest BCUT2D eigenvalue weighted by molar-refractivity contribution is 6.06. The Kier molecular flexibility index (Phi) is 4.40. The SMILES string of the molecule is CC(=O)c1oc2ccc(/C(C)=C\C(=O)N3CCOCC3)cc2c1N. The molecule has 0 saturated carbocycles. The molecule has 2 N–H and O–H groups in total. The third-order valence-electron chi connectivity index (χ3n) is 4.16. The van der Waals surface area contributed by atoms with E-state index in [1.807, 2.05) is 19.1 Å². The smallest absolute Gasteiger partial charge is 0.246 e. The van der Waals surface area contributed by atoms with Gasteiger partial charge in [-0.05, 0) is 30.2 Å². The molecular formula is C18H20N2O4. The van der Waals surface area contributed by atoms with E-state index >= 15 is 0 Å². The Balaban J connectivity index is 1.90. The Morgan fingerprint density at radius 3 is 2.58 bits per heavy atom. The van der Waals surface area contributed by atoms with E-state index in [0.717, 1.165) is 11.1 Å². The third-order valence-corrected chi connectivity index (χ3v) is 4.16. The van der Waals surface area contributed by atoms with E-state index in [4.69, 9.17) is 14.9 Å². The normalized spacial score (nSPS) is 15.8. The van der Waals surface area contributed by atoms with Crippen LogP contribution in [0.15, 0.2) is 28.7 Å². The second-order valence-corrected chi connectivity index (χ2v) is 5.88. The van der Waals surface area contributed by atoms with Crippen molar-refractivity contribution in [2.75, 3.05) is 32.0 Å². The lowest BCUT2D eigenvalue weighted by Gasteiger charge is -2.25. The molecule has 1 saturated heterocycles. The van der Waals surface area contributed by atoms with Crippen LogP contribution in [-0.4, -0.2) is 42.9 Å². The fourth-order valence-corrected chi connectivity index (χ4v) is 2.77. The van der Waals surface area contributed by atoms with Gasteiger partial charge >= 0.3 is 0 Å². The van der Waals surface area contributed by atoms with Gasteiger partial charge in [0.1, 0.15) is 5.58 Å². The van der Waals surface area contributed by atoms with Crippen LogP contribution in [0.1, 0.15) is 30.0 Å². The Hall–Kier alpha value is -2.60. The molecular weight excluding hydrogens is 308 g/mol. The summed E-state index contributed by atoms with van der Waals surface area (Å²) < 4.78 is 10.7. The topological polar surface area (TPSA) is 85.8 Å². The number of hydrogen-bond donors (Lipinski definition) is 1. The lowest BCUT2D eigenvalue weighted by Crippen LogP contribution is -2.39. The summed E-state index contributed by atoms with van der Waals surface area (Å²) >= 11 is 0. The van der Waals surface area contributed by atoms with Crippen LogP contribution >= 0.6 is 0 Å². The number of Topliss-reactive ketones (excluding diaryl/α,β-unsaturated/α-hetero) is 1. The summed E-state index contributed by atoms with van der Waals surface area (Å²) in [5, 5.41) is 0.685. The minimum absolute atomic E-state index is 0.0273. The number of carbonyl (C=O) groups is 2. The zero-order chi connectivity index (χ0) is 17.3. The molecule has 24 heavy (non-hydrogen) atoms. The molecule has 0 unspecified atom stereocenters. The van der Waals surface area contributed by atoms with Gasteiger partial charge in [0.25, 0.3) is 0 Å². The number of nitrogens with two attached hydrogens (primary N) is 1. The molecule has 0 radical (unpaired) electrons. The minimum atomic E-state index is -0.208. The molecule has 1 aliphatic rings. The second-order valence-electron chi connectivity index (χ2n) is 5.88. The first-order valence-electron chi connectivity index (χ1n) is 7.85. The molecule has 6 heteroatoms. The summed E-state index contributed by atoms with van der Waals surface area (Å²) in [4.78, 5) is 25.6. The third kappa shape index (κ3) is 3.05. The van der Waals surface area contributed by atoms with E-state index in [1.165, 1.54) is 6.92 Å². The molecule has 0 spiro atoms. The van der Waals surface area contributed by atoms with Crippen LogP contribution in [0.5, 0.6) is 0 Å². The number of rotatable bonds is 3. The number of anilines is 1. The Morgan fingerprint density at radius 1 is 1.21 bits per heavy atom. The first kappa shape index (κ1) is 16.3. The minimum Gasteiger partial charge on any atom is -0.451 e. The average Bonchev–Trinajstić information content (AvgIpc) is 2.92. The Labute approximate surface area is 139 Å². The number of carbonyl (C=O) groups excluding carboxylic acids is 2. The van der Waals surface area contributed by atoms with Crippen LogP contribution in [0.3, 0.4) is 0 Å². The maximum Gasteiger partial charge on any atom is 0.246 e. The molecule has 0 bridgehead atoms. The van der Waals surface area contributed by atoms with Gasteiger partial charge in [0.2, 0.25) is 5.91 Å². The van der Waals surface area contributed by atoms with Crippen LogP contribution in [0.2, 0.25) is 0 Å². The molecule has 126 valence electrons. The number of hydrogen-bond acceptors (Lipinski definition) is 5. The highest BCUT2D eigenvalue weighted by atomic mass is 16.5. The van der Waals surface area contributed by atoms with Gasteiger partial charge in [-0.15, -0.1) is 0 Å². The van der Waals surface area contributed by atoms with Gasteiger partial charge in [-0.25, -0.2) is 0 Å².